The molecule has 4 aromatic rings. The number of amides is 1. The number of nitrogens with zero attached hydrogens (tertiary/aromatic N) is 3. The predicted octanol–water partition coefficient (Wildman–Crippen LogP) is 4.15. The Morgan fingerprint density at radius 1 is 1.06 bits per heavy atom. The summed E-state index contributed by atoms with van der Waals surface area (Å²) in [6, 6.07) is 13.6. The Morgan fingerprint density at radius 3 is 2.53 bits per heavy atom. The molecular weight excluding hydrogens is 402 g/mol. The third-order valence-corrected chi connectivity index (χ3v) is 6.48. The Bertz CT molecular complexity index is 1350. The van der Waals surface area contributed by atoms with E-state index in [2.05, 4.69) is 34.3 Å². The van der Waals surface area contributed by atoms with Gasteiger partial charge in [-0.15, -0.1) is 0 Å². The van der Waals surface area contributed by atoms with E-state index in [0.717, 1.165) is 48.1 Å². The first kappa shape index (κ1) is 20.4. The van der Waals surface area contributed by atoms with Crippen LogP contribution in [0.5, 0.6) is 0 Å². The summed E-state index contributed by atoms with van der Waals surface area (Å²) in [6.07, 6.45) is 5.52. The van der Waals surface area contributed by atoms with Crippen LogP contribution >= 0.6 is 0 Å². The van der Waals surface area contributed by atoms with Crippen LogP contribution in [0.1, 0.15) is 73.4 Å². The zero-order valence-electron chi connectivity index (χ0n) is 18.3. The molecule has 0 atom stereocenters. The summed E-state index contributed by atoms with van der Waals surface area (Å²) in [6.45, 7) is 4.17. The van der Waals surface area contributed by atoms with Crippen LogP contribution in [0.2, 0.25) is 0 Å². The fourth-order valence-corrected chi connectivity index (χ4v) is 4.85. The number of hydrogen-bond acceptors (Lipinski definition) is 4. The van der Waals surface area contributed by atoms with Gasteiger partial charge in [0.1, 0.15) is 5.82 Å². The summed E-state index contributed by atoms with van der Waals surface area (Å²) in [7, 11) is 0. The maximum absolute atomic E-state index is 13.1. The molecule has 0 spiro atoms. The number of carbonyl (C=O) groups excluding carboxylic acids is 1. The number of benzene rings is 1. The van der Waals surface area contributed by atoms with Crippen molar-refractivity contribution < 1.29 is 4.79 Å². The Kier molecular flexibility index (Phi) is 5.25. The maximum Gasteiger partial charge on any atom is 0.272 e. The molecule has 0 aliphatic heterocycles. The van der Waals surface area contributed by atoms with E-state index >= 15 is 0 Å². The molecule has 1 aliphatic carbocycles. The quantitative estimate of drug-likeness (QED) is 0.510. The van der Waals surface area contributed by atoms with Crippen LogP contribution in [0, 0.1) is 0 Å². The lowest BCUT2D eigenvalue weighted by atomic mass is 9.82. The second-order valence-electron chi connectivity index (χ2n) is 8.93. The molecule has 5 rings (SSSR count). The average Bonchev–Trinajstić information content (AvgIpc) is 3.21. The summed E-state index contributed by atoms with van der Waals surface area (Å²) in [5.74, 6) is 1.27. The van der Waals surface area contributed by atoms with Gasteiger partial charge in [-0.05, 0) is 43.9 Å². The monoisotopic (exact) mass is 429 g/mol. The van der Waals surface area contributed by atoms with Crippen molar-refractivity contribution in [3.05, 3.63) is 76.2 Å². The van der Waals surface area contributed by atoms with Crippen LogP contribution < -0.4 is 10.9 Å². The Hall–Kier alpha value is -3.48. The average molecular weight is 430 g/mol. The molecule has 1 aliphatic rings. The highest BCUT2D eigenvalue weighted by Crippen LogP contribution is 2.34. The number of rotatable bonds is 4. The van der Waals surface area contributed by atoms with Crippen molar-refractivity contribution in [3.63, 3.8) is 0 Å². The van der Waals surface area contributed by atoms with Gasteiger partial charge in [0, 0.05) is 29.5 Å². The molecule has 1 fully saturated rings. The summed E-state index contributed by atoms with van der Waals surface area (Å²) < 4.78 is 2.00. The van der Waals surface area contributed by atoms with Crippen LogP contribution in [0.3, 0.4) is 0 Å². The van der Waals surface area contributed by atoms with E-state index < -0.39 is 0 Å². The van der Waals surface area contributed by atoms with E-state index in [9.17, 15) is 9.59 Å². The van der Waals surface area contributed by atoms with Gasteiger partial charge in [0.2, 0.25) is 0 Å². The van der Waals surface area contributed by atoms with E-state index in [1.54, 1.807) is 0 Å². The minimum Gasteiger partial charge on any atom is -0.348 e. The van der Waals surface area contributed by atoms with Gasteiger partial charge < -0.3 is 9.72 Å². The first-order valence-electron chi connectivity index (χ1n) is 11.3. The number of fused-ring (bicyclic) bond motifs is 2. The topological polar surface area (TPSA) is 92.2 Å². The molecule has 164 valence electrons. The van der Waals surface area contributed by atoms with Crippen LogP contribution in [0.25, 0.3) is 16.3 Å². The molecule has 0 bridgehead atoms. The fourth-order valence-electron chi connectivity index (χ4n) is 4.85. The predicted molar refractivity (Wildman–Crippen MR) is 124 cm³/mol. The van der Waals surface area contributed by atoms with E-state index in [4.69, 9.17) is 0 Å². The highest BCUT2D eigenvalue weighted by molar-refractivity contribution is 5.99. The van der Waals surface area contributed by atoms with E-state index in [1.165, 1.54) is 0 Å². The number of nitrogens with one attached hydrogen (secondary N) is 2. The first-order valence-corrected chi connectivity index (χ1v) is 11.3. The second kappa shape index (κ2) is 8.22. The number of pyridine rings is 1. The van der Waals surface area contributed by atoms with Gasteiger partial charge in [0.15, 0.2) is 5.69 Å². The Labute approximate surface area is 185 Å². The van der Waals surface area contributed by atoms with Gasteiger partial charge in [0.05, 0.1) is 16.6 Å². The smallest absolute Gasteiger partial charge is 0.272 e. The van der Waals surface area contributed by atoms with Crippen molar-refractivity contribution in [1.82, 2.24) is 24.9 Å². The number of hydrogen-bond donors (Lipinski definition) is 2. The van der Waals surface area contributed by atoms with E-state index in [-0.39, 0.29) is 29.3 Å². The molecule has 3 heterocycles. The summed E-state index contributed by atoms with van der Waals surface area (Å²) in [5, 5.41) is 11.8. The molecule has 1 amide bonds. The van der Waals surface area contributed by atoms with Crippen molar-refractivity contribution in [2.45, 2.75) is 57.4 Å². The molecule has 2 N–H and O–H groups in total. The highest BCUT2D eigenvalue weighted by atomic mass is 16.2. The first-order chi connectivity index (χ1) is 15.5. The lowest BCUT2D eigenvalue weighted by molar-refractivity contribution is 0.0922. The molecule has 3 aromatic heterocycles. The molecular formula is C25H27N5O2. The largest absolute Gasteiger partial charge is 0.348 e. The Balaban J connectivity index is 1.31. The zero-order valence-corrected chi connectivity index (χ0v) is 18.3. The molecule has 1 aromatic carbocycles. The van der Waals surface area contributed by atoms with Crippen molar-refractivity contribution in [2.24, 2.45) is 0 Å². The van der Waals surface area contributed by atoms with Crippen molar-refractivity contribution in [1.29, 1.82) is 0 Å². The minimum absolute atomic E-state index is 0.107. The highest BCUT2D eigenvalue weighted by Gasteiger charge is 2.27. The maximum atomic E-state index is 13.1. The second-order valence-corrected chi connectivity index (χ2v) is 8.93. The lowest BCUT2D eigenvalue weighted by Gasteiger charge is -2.29. The zero-order chi connectivity index (χ0) is 22.2. The van der Waals surface area contributed by atoms with Gasteiger partial charge in [-0.25, -0.2) is 10.1 Å². The molecule has 0 unspecified atom stereocenters. The fraction of sp³-hybridized carbons (Fsp3) is 0.360. The third-order valence-electron chi connectivity index (χ3n) is 6.48. The van der Waals surface area contributed by atoms with Crippen LogP contribution in [-0.4, -0.2) is 31.5 Å². The van der Waals surface area contributed by atoms with Gasteiger partial charge in [-0.1, -0.05) is 38.1 Å². The third kappa shape index (κ3) is 3.57. The van der Waals surface area contributed by atoms with Gasteiger partial charge in [-0.3, -0.25) is 9.59 Å². The number of carbonyl (C=O) groups is 1. The van der Waals surface area contributed by atoms with Crippen molar-refractivity contribution in [3.8, 4) is 0 Å². The molecule has 0 radical (unpaired) electrons. The standard InChI is InChI=1S/C25H27N5O2/c1-15(2)23-27-22(20-9-5-6-14-30(20)23)25(32)26-17-12-10-16(11-13-17)21-18-7-3-4-8-19(18)24(31)29-28-21/h3-9,14-17H,10-13H2,1-2H3,(H,26,32)(H,29,31). The normalized spacial score (nSPS) is 19.0. The number of aromatic amines is 1. The van der Waals surface area contributed by atoms with Crippen molar-refractivity contribution in [2.75, 3.05) is 0 Å². The SMILES string of the molecule is CC(C)c1nc(C(=O)NC2CCC(c3n[nH]c(=O)c4ccccc34)CC2)c2ccccn12. The molecule has 7 heteroatoms. The molecule has 1 saturated carbocycles. The molecule has 0 saturated heterocycles. The van der Waals surface area contributed by atoms with Gasteiger partial charge in [-0.2, -0.15) is 5.10 Å². The Morgan fingerprint density at radius 2 is 1.78 bits per heavy atom. The van der Waals surface area contributed by atoms with E-state index in [1.807, 2.05) is 53.1 Å². The lowest BCUT2D eigenvalue weighted by Crippen LogP contribution is -2.37. The summed E-state index contributed by atoms with van der Waals surface area (Å²) >= 11 is 0. The van der Waals surface area contributed by atoms with Crippen LogP contribution in [0.15, 0.2) is 53.5 Å². The van der Waals surface area contributed by atoms with Crippen LogP contribution in [0.4, 0.5) is 0 Å². The van der Waals surface area contributed by atoms with Crippen molar-refractivity contribution >= 4 is 22.2 Å². The number of aromatic nitrogens is 4. The molecule has 7 nitrogen and oxygen atoms in total. The summed E-state index contributed by atoms with van der Waals surface area (Å²) in [5.41, 5.74) is 2.13. The molecule has 32 heavy (non-hydrogen) atoms. The number of H-pyrrole nitrogens is 1. The van der Waals surface area contributed by atoms with Gasteiger partial charge in [0.25, 0.3) is 11.5 Å². The summed E-state index contributed by atoms with van der Waals surface area (Å²) in [4.78, 5) is 29.8. The number of imidazole rings is 1. The van der Waals surface area contributed by atoms with Gasteiger partial charge >= 0.3 is 0 Å². The van der Waals surface area contributed by atoms with Crippen LogP contribution in [-0.2, 0) is 0 Å². The van der Waals surface area contributed by atoms with E-state index in [0.29, 0.717) is 11.1 Å². The minimum atomic E-state index is -0.154.